The Bertz CT molecular complexity index is 1580. The van der Waals surface area contributed by atoms with Crippen LogP contribution in [0.1, 0.15) is 24.0 Å². The van der Waals surface area contributed by atoms with Crippen molar-refractivity contribution < 1.29 is 16.7 Å². The second-order valence-corrected chi connectivity index (χ2v) is 37.8. The van der Waals surface area contributed by atoms with Gasteiger partial charge in [-0.05, 0) is 0 Å². The summed E-state index contributed by atoms with van der Waals surface area (Å²) in [6, 6.07) is 19.1. The quantitative estimate of drug-likeness (QED) is 0.491. The first-order valence-electron chi connectivity index (χ1n) is 11.9. The summed E-state index contributed by atoms with van der Waals surface area (Å²) in [5.41, 5.74) is 5.92. The number of hydrogen-bond acceptors (Lipinski definition) is 2. The minimum atomic E-state index is -3.33. The fraction of sp³-hybridized carbons (Fsp3) is 0.481. The van der Waals surface area contributed by atoms with E-state index in [9.17, 15) is 10.2 Å². The number of allylic oxidation sites excluding steroid dienone is 1. The van der Waals surface area contributed by atoms with Crippen LogP contribution in [0.4, 0.5) is 0 Å². The van der Waals surface area contributed by atoms with E-state index in [2.05, 4.69) is 42.5 Å². The standard InChI is InChI=1S/C22H21O2.C5H5.Fe/c23-16-6-11-21(17-7-4-5-8-17)22(18-9-2-1-3-10-18)19-12-14-20(24)15-13-19;1-2-4-5-3-1;/h1-5,7-10,12-15,23-24H,6,11,16H2;1-5H;. The molecule has 1 spiro atoms. The van der Waals surface area contributed by atoms with Crippen molar-refractivity contribution in [3.8, 4) is 5.75 Å². The van der Waals surface area contributed by atoms with Crippen LogP contribution in [-0.4, -0.2) is 16.8 Å². The first-order valence-corrected chi connectivity index (χ1v) is 18.2. The van der Waals surface area contributed by atoms with Gasteiger partial charge in [-0.3, -0.25) is 0 Å². The summed E-state index contributed by atoms with van der Waals surface area (Å²) >= 11 is 0. The van der Waals surface area contributed by atoms with E-state index in [1.807, 2.05) is 12.1 Å². The molecular formula is C27H26FeO2. The number of rotatable bonds is 6. The Morgan fingerprint density at radius 3 is 1.80 bits per heavy atom. The van der Waals surface area contributed by atoms with Gasteiger partial charge in [-0.1, -0.05) is 0 Å². The molecule has 4 atom stereocenters. The molecule has 0 saturated carbocycles. The van der Waals surface area contributed by atoms with Gasteiger partial charge in [0.15, 0.2) is 0 Å². The van der Waals surface area contributed by atoms with Crippen molar-refractivity contribution in [2.75, 3.05) is 6.61 Å². The molecule has 0 amide bonds. The van der Waals surface area contributed by atoms with Crippen LogP contribution in [0.3, 0.4) is 0 Å². The van der Waals surface area contributed by atoms with Crippen LogP contribution < -0.4 is 0 Å². The van der Waals surface area contributed by atoms with Crippen molar-refractivity contribution in [2.45, 2.75) is 60.5 Å². The number of aromatic hydroxyl groups is 1. The SMILES string of the molecule is OCCCC(=C(c1ccccc1)c1ccc(O)cc1)[C]12[CH]3[CH]4[CH]5[CH]1[Fe]45321678[CH]2[CH]1[CH]6[CH]7[CH]28. The zero-order valence-corrected chi connectivity index (χ0v) is 17.9. The monoisotopic (exact) mass is 438 g/mol. The Morgan fingerprint density at radius 2 is 1.33 bits per heavy atom. The van der Waals surface area contributed by atoms with Gasteiger partial charge in [-0.2, -0.15) is 0 Å². The van der Waals surface area contributed by atoms with Gasteiger partial charge in [0.1, 0.15) is 0 Å². The Labute approximate surface area is 166 Å². The first-order chi connectivity index (χ1) is 14.5. The van der Waals surface area contributed by atoms with Gasteiger partial charge in [0.2, 0.25) is 0 Å². The van der Waals surface area contributed by atoms with Crippen LogP contribution in [0.15, 0.2) is 60.2 Å². The number of aliphatic hydroxyl groups is 1. The summed E-state index contributed by atoms with van der Waals surface area (Å²) in [6.45, 7) is -3.03. The molecule has 2 aromatic rings. The molecule has 2 N–H and O–H groups in total. The molecule has 10 saturated heterocycles. The first kappa shape index (κ1) is 13.8. The van der Waals surface area contributed by atoms with E-state index in [0.717, 1.165) is 12.8 Å². The molecule has 12 rings (SSSR count). The van der Waals surface area contributed by atoms with E-state index in [1.165, 1.54) is 60.0 Å². The van der Waals surface area contributed by atoms with Crippen molar-refractivity contribution in [3.05, 3.63) is 71.3 Å². The Morgan fingerprint density at radius 1 is 0.767 bits per heavy atom. The van der Waals surface area contributed by atoms with E-state index in [4.69, 9.17) is 0 Å². The van der Waals surface area contributed by atoms with Crippen LogP contribution in [-0.2, 0) is 6.51 Å². The topological polar surface area (TPSA) is 40.5 Å². The zero-order valence-electron chi connectivity index (χ0n) is 16.8. The predicted octanol–water partition coefficient (Wildman–Crippen LogP) is 6.73. The minimum absolute atomic E-state index is 0.300. The van der Waals surface area contributed by atoms with Gasteiger partial charge in [-0.25, -0.2) is 0 Å². The second kappa shape index (κ2) is 1.80. The molecule has 0 radical (unpaired) electrons. The van der Waals surface area contributed by atoms with Crippen molar-refractivity contribution in [1.29, 1.82) is 0 Å². The van der Waals surface area contributed by atoms with Crippen LogP contribution in [0, 0.1) is 0 Å². The van der Waals surface area contributed by atoms with E-state index in [1.54, 1.807) is 5.57 Å². The summed E-state index contributed by atoms with van der Waals surface area (Å²) < 4.78 is 0.692. The van der Waals surface area contributed by atoms with Crippen molar-refractivity contribution in [1.82, 2.24) is 0 Å². The zero-order chi connectivity index (χ0) is 19.4. The molecule has 10 aliphatic heterocycles. The molecule has 154 valence electrons. The number of benzene rings is 2. The number of fused-ring (bicyclic) bond motifs is 10. The van der Waals surface area contributed by atoms with Gasteiger partial charge in [-0.15, -0.1) is 0 Å². The molecule has 10 fully saturated rings. The molecule has 4 unspecified atom stereocenters. The fourth-order valence-corrected chi connectivity index (χ4v) is 94.0. The van der Waals surface area contributed by atoms with Crippen LogP contribution >= 0.6 is 0 Å². The molecule has 0 bridgehead atoms. The van der Waals surface area contributed by atoms with E-state index < -0.39 is 6.51 Å². The molecule has 10 aliphatic rings. The maximum absolute atomic E-state index is 9.96. The van der Waals surface area contributed by atoms with E-state index >= 15 is 0 Å². The molecule has 2 aromatic carbocycles. The van der Waals surface area contributed by atoms with Gasteiger partial charge in [0.25, 0.3) is 0 Å². The molecule has 2 nitrogen and oxygen atoms in total. The van der Waals surface area contributed by atoms with E-state index in [-0.39, 0.29) is 0 Å². The normalized spacial score (nSPS) is 73.4. The third-order valence-electron chi connectivity index (χ3n) is 18.2. The molecule has 10 heterocycles. The third-order valence-corrected chi connectivity index (χ3v) is 60.6. The van der Waals surface area contributed by atoms with Gasteiger partial charge in [0, 0.05) is 0 Å². The average Bonchev–Trinajstić information content (AvgIpc) is 3.71. The number of phenolic OH excluding ortho intramolecular Hbond substituents is 1. The van der Waals surface area contributed by atoms with Crippen LogP contribution in [0.25, 0.3) is 5.57 Å². The molecule has 0 aliphatic carbocycles. The Kier molecular flexibility index (Phi) is 0.825. The van der Waals surface area contributed by atoms with Crippen molar-refractivity contribution >= 4 is 5.57 Å². The van der Waals surface area contributed by atoms with E-state index in [0.29, 0.717) is 16.7 Å². The molecule has 0 aromatic heterocycles. The molecule has 30 heavy (non-hydrogen) atoms. The van der Waals surface area contributed by atoms with Gasteiger partial charge >= 0.3 is 166 Å². The third kappa shape index (κ3) is 0.271. The summed E-state index contributed by atoms with van der Waals surface area (Å²) in [6.07, 6.45) is 1.99. The van der Waals surface area contributed by atoms with Gasteiger partial charge < -0.3 is 0 Å². The average molecular weight is 438 g/mol. The second-order valence-electron chi connectivity index (χ2n) is 14.3. The summed E-state index contributed by atoms with van der Waals surface area (Å²) in [5.74, 6) is 0.348. The maximum atomic E-state index is 9.96. The molecular weight excluding hydrogens is 412 g/mol. The van der Waals surface area contributed by atoms with Crippen LogP contribution in [0.5, 0.6) is 5.75 Å². The summed E-state index contributed by atoms with van der Waals surface area (Å²) in [7, 11) is 0. The predicted molar refractivity (Wildman–Crippen MR) is 113 cm³/mol. The van der Waals surface area contributed by atoms with Gasteiger partial charge in [0.05, 0.1) is 0 Å². The summed E-state index contributed by atoms with van der Waals surface area (Å²) in [4.78, 5) is 11.6. The number of hydrogen-bond donors (Lipinski definition) is 2. The van der Waals surface area contributed by atoms with Crippen LogP contribution in [0.2, 0.25) is 47.7 Å². The van der Waals surface area contributed by atoms with Crippen molar-refractivity contribution in [3.63, 3.8) is 0 Å². The Balaban J connectivity index is 1.23. The fourth-order valence-electron chi connectivity index (χ4n) is 19.5. The summed E-state index contributed by atoms with van der Waals surface area (Å²) in [5, 5.41) is 19.8. The number of aliphatic hydroxyl groups excluding tert-OH is 1. The van der Waals surface area contributed by atoms with Crippen molar-refractivity contribution in [2.24, 2.45) is 0 Å². The molecule has 3 heteroatoms. The number of phenols is 1. The Hall–Kier alpha value is -1.54.